The molecule has 1 heterocycles. The van der Waals surface area contributed by atoms with Crippen molar-refractivity contribution in [1.29, 1.82) is 0 Å². The number of pyridine rings is 1. The number of methoxy groups -OCH3 is 2. The van der Waals surface area contributed by atoms with Gasteiger partial charge in [-0.05, 0) is 42.2 Å². The Morgan fingerprint density at radius 2 is 1.71 bits per heavy atom. The van der Waals surface area contributed by atoms with Gasteiger partial charge in [0.05, 0.1) is 14.2 Å². The molecule has 0 aliphatic rings. The summed E-state index contributed by atoms with van der Waals surface area (Å²) >= 11 is 0. The first-order valence-electron chi connectivity index (χ1n) is 10.3. The zero-order valence-electron chi connectivity index (χ0n) is 18.2. The number of aryl methyl sites for hydroxylation is 1. The summed E-state index contributed by atoms with van der Waals surface area (Å²) in [6, 6.07) is 21.0. The van der Waals surface area contributed by atoms with Gasteiger partial charge in [0.2, 0.25) is 11.8 Å². The highest BCUT2D eigenvalue weighted by atomic mass is 16.5. The Kier molecular flexibility index (Phi) is 8.01. The van der Waals surface area contributed by atoms with E-state index in [1.165, 1.54) is 5.56 Å². The molecular weight excluding hydrogens is 390 g/mol. The maximum absolute atomic E-state index is 12.7. The predicted molar refractivity (Wildman–Crippen MR) is 121 cm³/mol. The van der Waals surface area contributed by atoms with Crippen LogP contribution < -0.4 is 20.1 Å². The predicted octanol–water partition coefficient (Wildman–Crippen LogP) is 3.85. The lowest BCUT2D eigenvalue weighted by Crippen LogP contribution is -2.38. The second kappa shape index (κ2) is 11.1. The van der Waals surface area contributed by atoms with Crippen LogP contribution in [0.4, 0.5) is 0 Å². The average Bonchev–Trinajstić information content (AvgIpc) is 2.84. The van der Waals surface area contributed by atoms with Crippen molar-refractivity contribution in [3.05, 3.63) is 89.6 Å². The second-order valence-corrected chi connectivity index (χ2v) is 7.17. The van der Waals surface area contributed by atoms with Gasteiger partial charge in [-0.2, -0.15) is 0 Å². The zero-order valence-corrected chi connectivity index (χ0v) is 18.2. The fourth-order valence-corrected chi connectivity index (χ4v) is 3.59. The molecule has 3 rings (SSSR count). The van der Waals surface area contributed by atoms with Gasteiger partial charge in [-0.25, -0.2) is 4.98 Å². The summed E-state index contributed by atoms with van der Waals surface area (Å²) in [5.41, 5.74) is 3.01. The lowest BCUT2D eigenvalue weighted by atomic mass is 9.97. The topological polar surface area (TPSA) is 72.5 Å². The van der Waals surface area contributed by atoms with Crippen LogP contribution in [0.15, 0.2) is 72.9 Å². The molecule has 1 amide bonds. The maximum Gasteiger partial charge on any atom is 0.241 e. The summed E-state index contributed by atoms with van der Waals surface area (Å²) < 4.78 is 10.8. The molecule has 0 fully saturated rings. The molecule has 6 heteroatoms. The first kappa shape index (κ1) is 22.3. The van der Waals surface area contributed by atoms with Crippen molar-refractivity contribution in [2.45, 2.75) is 24.9 Å². The van der Waals surface area contributed by atoms with E-state index in [1.54, 1.807) is 27.5 Å². The third-order valence-electron chi connectivity index (χ3n) is 5.26. The van der Waals surface area contributed by atoms with Crippen LogP contribution in [0, 0.1) is 0 Å². The van der Waals surface area contributed by atoms with Gasteiger partial charge in [0.15, 0.2) is 0 Å². The fourth-order valence-electron chi connectivity index (χ4n) is 3.59. The van der Waals surface area contributed by atoms with Gasteiger partial charge >= 0.3 is 0 Å². The molecule has 1 aromatic heterocycles. The largest absolute Gasteiger partial charge is 0.497 e. The number of nitrogens with zero attached hydrogens (tertiary/aromatic N) is 1. The van der Waals surface area contributed by atoms with Crippen LogP contribution in [0.5, 0.6) is 11.6 Å². The highest BCUT2D eigenvalue weighted by Crippen LogP contribution is 2.29. The first-order chi connectivity index (χ1) is 15.2. The van der Waals surface area contributed by atoms with Gasteiger partial charge in [-0.3, -0.25) is 10.1 Å². The molecule has 0 spiro atoms. The Morgan fingerprint density at radius 3 is 2.35 bits per heavy atom. The normalized spacial score (nSPS) is 12.6. The van der Waals surface area contributed by atoms with E-state index in [1.807, 2.05) is 54.6 Å². The van der Waals surface area contributed by atoms with Gasteiger partial charge in [0.1, 0.15) is 11.8 Å². The second-order valence-electron chi connectivity index (χ2n) is 7.17. The molecule has 0 saturated heterocycles. The minimum atomic E-state index is -0.503. The third kappa shape index (κ3) is 5.83. The third-order valence-corrected chi connectivity index (χ3v) is 5.26. The number of carbonyl (C=O) groups is 1. The first-order valence-corrected chi connectivity index (χ1v) is 10.3. The number of hydrogen-bond acceptors (Lipinski definition) is 5. The Balaban J connectivity index is 1.89. The molecule has 0 radical (unpaired) electrons. The molecule has 2 atom stereocenters. The van der Waals surface area contributed by atoms with Crippen LogP contribution >= 0.6 is 0 Å². The molecule has 3 aromatic rings. The van der Waals surface area contributed by atoms with Crippen molar-refractivity contribution in [3.8, 4) is 11.6 Å². The van der Waals surface area contributed by atoms with E-state index in [0.29, 0.717) is 5.88 Å². The van der Waals surface area contributed by atoms with E-state index in [-0.39, 0.29) is 11.9 Å². The summed E-state index contributed by atoms with van der Waals surface area (Å²) in [6.45, 7) is 0. The monoisotopic (exact) mass is 419 g/mol. The molecule has 2 N–H and O–H groups in total. The Morgan fingerprint density at radius 1 is 0.968 bits per heavy atom. The van der Waals surface area contributed by atoms with E-state index in [9.17, 15) is 4.79 Å². The van der Waals surface area contributed by atoms with Gasteiger partial charge in [0.25, 0.3) is 0 Å². The van der Waals surface area contributed by atoms with Crippen LogP contribution in [-0.2, 0) is 11.2 Å². The zero-order chi connectivity index (χ0) is 22.1. The minimum absolute atomic E-state index is 0.0940. The van der Waals surface area contributed by atoms with E-state index in [4.69, 9.17) is 9.47 Å². The van der Waals surface area contributed by atoms with Gasteiger partial charge < -0.3 is 14.8 Å². The quantitative estimate of drug-likeness (QED) is 0.522. The molecule has 6 nitrogen and oxygen atoms in total. The number of nitrogens with one attached hydrogen (secondary N) is 2. The van der Waals surface area contributed by atoms with Crippen molar-refractivity contribution < 1.29 is 14.3 Å². The molecule has 162 valence electrons. The standard InChI is InChI=1S/C25H29N3O3/c1-26-24(29)23(19-8-5-4-6-9-19)28-22(21-10-7-17-27-25(21)31-3)16-13-18-11-14-20(30-2)15-12-18/h4-12,14-15,17,22-23,28H,13,16H2,1-3H3,(H,26,29)/t22-,23?/m1/s1. The van der Waals surface area contributed by atoms with Crippen LogP contribution in [0.1, 0.15) is 35.2 Å². The Labute approximate surface area is 183 Å². The molecule has 2 aromatic carbocycles. The van der Waals surface area contributed by atoms with Crippen LogP contribution in [0.2, 0.25) is 0 Å². The number of likely N-dealkylation sites (N-methyl/N-ethyl adjacent to an activating group) is 1. The van der Waals surface area contributed by atoms with E-state index in [2.05, 4.69) is 27.8 Å². The van der Waals surface area contributed by atoms with Gasteiger partial charge in [-0.1, -0.05) is 48.5 Å². The van der Waals surface area contributed by atoms with E-state index in [0.717, 1.165) is 29.7 Å². The van der Waals surface area contributed by atoms with Crippen LogP contribution in [0.25, 0.3) is 0 Å². The molecule has 0 aliphatic carbocycles. The molecule has 1 unspecified atom stereocenters. The Bertz CT molecular complexity index is 961. The summed E-state index contributed by atoms with van der Waals surface area (Å²) in [5.74, 6) is 1.29. The SMILES string of the molecule is CNC(=O)C(N[C@H](CCc1ccc(OC)cc1)c1cccnc1OC)c1ccccc1. The highest BCUT2D eigenvalue weighted by molar-refractivity contribution is 5.83. The smallest absolute Gasteiger partial charge is 0.241 e. The van der Waals surface area contributed by atoms with Crippen molar-refractivity contribution >= 4 is 5.91 Å². The van der Waals surface area contributed by atoms with Crippen LogP contribution in [0.3, 0.4) is 0 Å². The minimum Gasteiger partial charge on any atom is -0.497 e. The fraction of sp³-hybridized carbons (Fsp3) is 0.280. The summed E-state index contributed by atoms with van der Waals surface area (Å²) in [7, 11) is 4.92. The Hall–Kier alpha value is -3.38. The molecular formula is C25H29N3O3. The number of ether oxygens (including phenoxy) is 2. The van der Waals surface area contributed by atoms with Crippen molar-refractivity contribution in [3.63, 3.8) is 0 Å². The molecule has 31 heavy (non-hydrogen) atoms. The number of benzene rings is 2. The number of aromatic nitrogens is 1. The molecule has 0 aliphatic heterocycles. The number of hydrogen-bond donors (Lipinski definition) is 2. The lowest BCUT2D eigenvalue weighted by Gasteiger charge is -2.26. The summed E-state index contributed by atoms with van der Waals surface area (Å²) in [5, 5.41) is 6.32. The van der Waals surface area contributed by atoms with Crippen molar-refractivity contribution in [1.82, 2.24) is 15.6 Å². The highest BCUT2D eigenvalue weighted by Gasteiger charge is 2.26. The van der Waals surface area contributed by atoms with E-state index < -0.39 is 6.04 Å². The lowest BCUT2D eigenvalue weighted by molar-refractivity contribution is -0.123. The summed E-state index contributed by atoms with van der Waals surface area (Å²) in [4.78, 5) is 17.1. The number of carbonyl (C=O) groups excluding carboxylic acids is 1. The summed E-state index contributed by atoms with van der Waals surface area (Å²) in [6.07, 6.45) is 3.28. The molecule has 0 bridgehead atoms. The maximum atomic E-state index is 12.7. The van der Waals surface area contributed by atoms with Crippen LogP contribution in [-0.4, -0.2) is 32.2 Å². The van der Waals surface area contributed by atoms with Gasteiger partial charge in [-0.15, -0.1) is 0 Å². The van der Waals surface area contributed by atoms with E-state index >= 15 is 0 Å². The molecule has 0 saturated carbocycles. The van der Waals surface area contributed by atoms with Gasteiger partial charge in [0, 0.05) is 24.8 Å². The van der Waals surface area contributed by atoms with Crippen molar-refractivity contribution in [2.24, 2.45) is 0 Å². The number of rotatable bonds is 10. The van der Waals surface area contributed by atoms with Crippen molar-refractivity contribution in [2.75, 3.05) is 21.3 Å². The average molecular weight is 420 g/mol. The number of amides is 1.